The van der Waals surface area contributed by atoms with Gasteiger partial charge in [-0.2, -0.15) is 0 Å². The number of hydrogen-bond donors (Lipinski definition) is 4. The quantitative estimate of drug-likeness (QED) is 0.365. The molecule has 1 fully saturated rings. The smallest absolute Gasteiger partial charge is 0.197 e. The average Bonchev–Trinajstić information content (AvgIpc) is 2.82. The minimum Gasteiger partial charge on any atom is -0.508 e. The summed E-state index contributed by atoms with van der Waals surface area (Å²) in [5.74, 6) is 0.103. The highest BCUT2D eigenvalue weighted by Crippen LogP contribution is 2.36. The van der Waals surface area contributed by atoms with Crippen molar-refractivity contribution in [3.63, 3.8) is 0 Å². The molecule has 0 aliphatic carbocycles. The highest BCUT2D eigenvalue weighted by Gasteiger charge is 2.24. The Balaban J connectivity index is 1.47. The van der Waals surface area contributed by atoms with Gasteiger partial charge in [0.05, 0.1) is 11.3 Å². The lowest BCUT2D eigenvalue weighted by molar-refractivity contribution is 0.246. The van der Waals surface area contributed by atoms with Crippen LogP contribution in [0.4, 0.5) is 5.69 Å². The predicted molar refractivity (Wildman–Crippen MR) is 129 cm³/mol. The first-order valence-corrected chi connectivity index (χ1v) is 11.0. The molecule has 0 saturated carbocycles. The number of phenols is 4. The lowest BCUT2D eigenvalue weighted by Crippen LogP contribution is -2.46. The van der Waals surface area contributed by atoms with E-state index in [2.05, 4.69) is 9.80 Å². The summed E-state index contributed by atoms with van der Waals surface area (Å²) in [7, 11) is 0. The second-order valence-corrected chi connectivity index (χ2v) is 8.37. The molecule has 2 heterocycles. The van der Waals surface area contributed by atoms with Crippen molar-refractivity contribution in [1.82, 2.24) is 4.90 Å². The molecule has 5 rings (SSSR count). The minimum absolute atomic E-state index is 0.0168. The molecule has 8 nitrogen and oxygen atoms in total. The van der Waals surface area contributed by atoms with Gasteiger partial charge in [0, 0.05) is 50.4 Å². The predicted octanol–water partition coefficient (Wildman–Crippen LogP) is 3.60. The molecule has 0 spiro atoms. The lowest BCUT2D eigenvalue weighted by Gasteiger charge is -2.36. The zero-order valence-corrected chi connectivity index (χ0v) is 18.3. The van der Waals surface area contributed by atoms with Crippen LogP contribution in [0, 0.1) is 0 Å². The minimum atomic E-state index is -0.424. The third kappa shape index (κ3) is 3.99. The van der Waals surface area contributed by atoms with Crippen molar-refractivity contribution in [3.05, 3.63) is 76.5 Å². The van der Waals surface area contributed by atoms with Crippen molar-refractivity contribution < 1.29 is 24.8 Å². The highest BCUT2D eigenvalue weighted by molar-refractivity contribution is 5.89. The molecule has 1 aliphatic rings. The van der Waals surface area contributed by atoms with E-state index in [1.165, 1.54) is 24.3 Å². The van der Waals surface area contributed by atoms with E-state index in [0.717, 1.165) is 5.69 Å². The number of phenolic OH excluding ortho intramolecular Hbond substituents is 4. The molecule has 0 bridgehead atoms. The highest BCUT2D eigenvalue weighted by atomic mass is 16.3. The molecule has 1 saturated heterocycles. The topological polar surface area (TPSA) is 118 Å². The summed E-state index contributed by atoms with van der Waals surface area (Å²) < 4.78 is 6.04. The number of anilines is 1. The van der Waals surface area contributed by atoms with Gasteiger partial charge in [0.1, 0.15) is 34.1 Å². The van der Waals surface area contributed by atoms with Crippen molar-refractivity contribution >= 4 is 16.7 Å². The summed E-state index contributed by atoms with van der Waals surface area (Å²) in [5.41, 5.74) is 1.50. The standard InChI is InChI=1S/C26H24N2O6/c29-17-7-5-16(6-8-17)24-14-23(33)25-22(32)13-21(31)18(26(25)34-24)15-27-9-11-28(12-10-27)19-3-1-2-4-20(19)30/h1-8,13-14,29-32H,9-12,15H2. The largest absolute Gasteiger partial charge is 0.508 e. The number of benzene rings is 3. The number of para-hydroxylation sites is 2. The zero-order valence-electron chi connectivity index (χ0n) is 18.3. The number of nitrogens with zero attached hydrogens (tertiary/aromatic N) is 2. The Labute approximate surface area is 195 Å². The van der Waals surface area contributed by atoms with Gasteiger partial charge in [0.25, 0.3) is 0 Å². The van der Waals surface area contributed by atoms with Crippen molar-refractivity contribution in [1.29, 1.82) is 0 Å². The Hall–Kier alpha value is -4.17. The van der Waals surface area contributed by atoms with Crippen LogP contribution in [0.25, 0.3) is 22.3 Å². The molecule has 174 valence electrons. The molecule has 1 aliphatic heterocycles. The summed E-state index contributed by atoms with van der Waals surface area (Å²) in [4.78, 5) is 17.1. The first-order chi connectivity index (χ1) is 16.4. The molecule has 4 aromatic rings. The Kier molecular flexibility index (Phi) is 5.51. The van der Waals surface area contributed by atoms with E-state index in [9.17, 15) is 25.2 Å². The molecular formula is C26H24N2O6. The monoisotopic (exact) mass is 460 g/mol. The molecule has 3 aromatic carbocycles. The van der Waals surface area contributed by atoms with Crippen LogP contribution in [0.1, 0.15) is 5.56 Å². The van der Waals surface area contributed by atoms with Gasteiger partial charge < -0.3 is 29.7 Å². The number of aromatic hydroxyl groups is 4. The van der Waals surface area contributed by atoms with E-state index in [0.29, 0.717) is 43.9 Å². The van der Waals surface area contributed by atoms with Crippen LogP contribution in [0.2, 0.25) is 0 Å². The van der Waals surface area contributed by atoms with E-state index in [1.807, 2.05) is 12.1 Å². The maximum Gasteiger partial charge on any atom is 0.197 e. The number of hydrogen-bond acceptors (Lipinski definition) is 8. The van der Waals surface area contributed by atoms with Crippen LogP contribution >= 0.6 is 0 Å². The summed E-state index contributed by atoms with van der Waals surface area (Å²) >= 11 is 0. The summed E-state index contributed by atoms with van der Waals surface area (Å²) in [5, 5.41) is 40.7. The maximum absolute atomic E-state index is 12.9. The average molecular weight is 460 g/mol. The summed E-state index contributed by atoms with van der Waals surface area (Å²) in [6.07, 6.45) is 0. The van der Waals surface area contributed by atoms with Crippen LogP contribution in [0.5, 0.6) is 23.0 Å². The molecule has 1 aromatic heterocycles. The van der Waals surface area contributed by atoms with Gasteiger partial charge in [-0.3, -0.25) is 9.69 Å². The van der Waals surface area contributed by atoms with E-state index in [1.54, 1.807) is 24.3 Å². The number of fused-ring (bicyclic) bond motifs is 1. The molecule has 8 heteroatoms. The first kappa shape index (κ1) is 21.7. The van der Waals surface area contributed by atoms with Gasteiger partial charge in [-0.15, -0.1) is 0 Å². The van der Waals surface area contributed by atoms with Crippen LogP contribution in [0.3, 0.4) is 0 Å². The molecule has 0 unspecified atom stereocenters. The van der Waals surface area contributed by atoms with Gasteiger partial charge in [-0.25, -0.2) is 0 Å². The van der Waals surface area contributed by atoms with E-state index >= 15 is 0 Å². The summed E-state index contributed by atoms with van der Waals surface area (Å²) in [6, 6.07) is 15.9. The van der Waals surface area contributed by atoms with Gasteiger partial charge in [-0.05, 0) is 36.4 Å². The Morgan fingerprint density at radius 3 is 2.21 bits per heavy atom. The van der Waals surface area contributed by atoms with Gasteiger partial charge >= 0.3 is 0 Å². The number of piperazine rings is 1. The molecule has 0 radical (unpaired) electrons. The fourth-order valence-electron chi connectivity index (χ4n) is 4.38. The van der Waals surface area contributed by atoms with E-state index in [4.69, 9.17) is 4.42 Å². The SMILES string of the molecule is O=c1cc(-c2ccc(O)cc2)oc2c(CN3CCN(c4ccccc4O)CC3)c(O)cc(O)c12. The van der Waals surface area contributed by atoms with Crippen LogP contribution in [0.15, 0.2) is 69.9 Å². The first-order valence-electron chi connectivity index (χ1n) is 11.0. The lowest BCUT2D eigenvalue weighted by atomic mass is 10.1. The third-order valence-electron chi connectivity index (χ3n) is 6.19. The van der Waals surface area contributed by atoms with Crippen molar-refractivity contribution in [3.8, 4) is 34.3 Å². The Morgan fingerprint density at radius 2 is 1.50 bits per heavy atom. The third-order valence-corrected chi connectivity index (χ3v) is 6.19. The normalized spacial score (nSPS) is 14.5. The molecule has 0 amide bonds. The van der Waals surface area contributed by atoms with Gasteiger partial charge in [0.2, 0.25) is 0 Å². The van der Waals surface area contributed by atoms with Crippen LogP contribution in [-0.4, -0.2) is 51.5 Å². The van der Waals surface area contributed by atoms with Crippen LogP contribution in [-0.2, 0) is 6.54 Å². The van der Waals surface area contributed by atoms with Crippen molar-refractivity contribution in [2.75, 3.05) is 31.1 Å². The maximum atomic E-state index is 12.9. The molecule has 34 heavy (non-hydrogen) atoms. The van der Waals surface area contributed by atoms with Crippen molar-refractivity contribution in [2.45, 2.75) is 6.54 Å². The molecule has 4 N–H and O–H groups in total. The number of rotatable bonds is 4. The zero-order chi connectivity index (χ0) is 23.8. The Morgan fingerprint density at radius 1 is 0.794 bits per heavy atom. The van der Waals surface area contributed by atoms with Crippen LogP contribution < -0.4 is 10.3 Å². The fraction of sp³-hybridized carbons (Fsp3) is 0.192. The molecule has 0 atom stereocenters. The second-order valence-electron chi connectivity index (χ2n) is 8.37. The van der Waals surface area contributed by atoms with E-state index in [-0.39, 0.29) is 39.7 Å². The molecular weight excluding hydrogens is 436 g/mol. The second kappa shape index (κ2) is 8.64. The van der Waals surface area contributed by atoms with E-state index < -0.39 is 5.43 Å². The fourth-order valence-corrected chi connectivity index (χ4v) is 4.38. The Bertz CT molecular complexity index is 1410. The summed E-state index contributed by atoms with van der Waals surface area (Å²) in [6.45, 7) is 3.00. The van der Waals surface area contributed by atoms with Gasteiger partial charge in [-0.1, -0.05) is 12.1 Å². The van der Waals surface area contributed by atoms with Crippen molar-refractivity contribution in [2.24, 2.45) is 0 Å². The van der Waals surface area contributed by atoms with Gasteiger partial charge in [0.15, 0.2) is 11.0 Å².